The van der Waals surface area contributed by atoms with E-state index in [1.807, 2.05) is 32.0 Å². The Morgan fingerprint density at radius 2 is 1.95 bits per heavy atom. The van der Waals surface area contributed by atoms with Gasteiger partial charge in [-0.2, -0.15) is 0 Å². The van der Waals surface area contributed by atoms with Crippen molar-refractivity contribution in [3.8, 4) is 5.75 Å². The number of rotatable bonds is 8. The van der Waals surface area contributed by atoms with Gasteiger partial charge in [-0.3, -0.25) is 4.79 Å². The fraction of sp³-hybridized carbons (Fsp3) is 0.500. The Kier molecular flexibility index (Phi) is 6.37. The first-order chi connectivity index (χ1) is 10.2. The molecule has 0 aliphatic rings. The molecule has 0 saturated carbocycles. The molecule has 0 bridgehead atoms. The van der Waals surface area contributed by atoms with Gasteiger partial charge in [0.15, 0.2) is 5.60 Å². The lowest BCUT2D eigenvalue weighted by Crippen LogP contribution is -2.46. The van der Waals surface area contributed by atoms with Gasteiger partial charge in [0.2, 0.25) is 5.91 Å². The van der Waals surface area contributed by atoms with Crippen LogP contribution in [0.5, 0.6) is 5.75 Å². The predicted octanol–water partition coefficient (Wildman–Crippen LogP) is 1.41. The van der Waals surface area contributed by atoms with Gasteiger partial charge in [0.1, 0.15) is 5.75 Å². The smallest absolute Gasteiger partial charge is 0.337 e. The third-order valence-corrected chi connectivity index (χ3v) is 3.39. The zero-order valence-corrected chi connectivity index (χ0v) is 13.2. The summed E-state index contributed by atoms with van der Waals surface area (Å²) in [5.74, 6) is -0.923. The summed E-state index contributed by atoms with van der Waals surface area (Å²) in [5, 5.41) is 20.6. The Bertz CT molecular complexity index is 539. The van der Waals surface area contributed by atoms with E-state index in [1.54, 1.807) is 0 Å². The number of aliphatic carboxylic acids is 1. The van der Waals surface area contributed by atoms with E-state index in [9.17, 15) is 14.7 Å². The average Bonchev–Trinajstić information content (AvgIpc) is 2.45. The van der Waals surface area contributed by atoms with Gasteiger partial charge in [-0.15, -0.1) is 0 Å². The number of carboxylic acids is 1. The highest BCUT2D eigenvalue weighted by Crippen LogP contribution is 2.16. The average molecular weight is 309 g/mol. The normalized spacial score (nSPS) is 13.3. The number of amides is 1. The van der Waals surface area contributed by atoms with E-state index in [2.05, 4.69) is 5.32 Å². The van der Waals surface area contributed by atoms with Gasteiger partial charge in [0.25, 0.3) is 0 Å². The SMILES string of the molecule is Cc1ccc(OCCCC(=O)NCC(C)(O)C(=O)O)cc1C. The molecule has 0 aromatic heterocycles. The molecule has 0 saturated heterocycles. The first-order valence-electron chi connectivity index (χ1n) is 7.15. The van der Waals surface area contributed by atoms with Crippen LogP contribution in [0, 0.1) is 13.8 Å². The zero-order chi connectivity index (χ0) is 16.8. The Labute approximate surface area is 130 Å². The van der Waals surface area contributed by atoms with Crippen LogP contribution in [0.4, 0.5) is 0 Å². The fourth-order valence-corrected chi connectivity index (χ4v) is 1.66. The number of aliphatic hydroxyl groups is 1. The molecule has 1 unspecified atom stereocenters. The van der Waals surface area contributed by atoms with Gasteiger partial charge in [0.05, 0.1) is 13.2 Å². The monoisotopic (exact) mass is 309 g/mol. The molecule has 0 radical (unpaired) electrons. The largest absolute Gasteiger partial charge is 0.494 e. The molecule has 0 aliphatic carbocycles. The maximum absolute atomic E-state index is 11.6. The van der Waals surface area contributed by atoms with Crippen LogP contribution in [-0.2, 0) is 9.59 Å². The first-order valence-corrected chi connectivity index (χ1v) is 7.15. The van der Waals surface area contributed by atoms with Crippen molar-refractivity contribution in [1.29, 1.82) is 0 Å². The summed E-state index contributed by atoms with van der Waals surface area (Å²) >= 11 is 0. The second kappa shape index (κ2) is 7.79. The number of carboxylic acid groups (broad SMARTS) is 1. The van der Waals surface area contributed by atoms with E-state index in [0.29, 0.717) is 13.0 Å². The van der Waals surface area contributed by atoms with Gasteiger partial charge in [0, 0.05) is 6.42 Å². The molecule has 6 heteroatoms. The molecule has 6 nitrogen and oxygen atoms in total. The number of carbonyl (C=O) groups is 2. The van der Waals surface area contributed by atoms with E-state index in [0.717, 1.165) is 18.2 Å². The molecule has 122 valence electrons. The summed E-state index contributed by atoms with van der Waals surface area (Å²) in [7, 11) is 0. The number of benzene rings is 1. The van der Waals surface area contributed by atoms with Gasteiger partial charge in [-0.05, 0) is 50.5 Å². The minimum Gasteiger partial charge on any atom is -0.494 e. The highest BCUT2D eigenvalue weighted by molar-refractivity contribution is 5.80. The third kappa shape index (κ3) is 5.73. The Morgan fingerprint density at radius 3 is 2.55 bits per heavy atom. The van der Waals surface area contributed by atoms with Gasteiger partial charge >= 0.3 is 5.97 Å². The summed E-state index contributed by atoms with van der Waals surface area (Å²) in [6.07, 6.45) is 0.717. The van der Waals surface area contributed by atoms with E-state index >= 15 is 0 Å². The van der Waals surface area contributed by atoms with Crippen LogP contribution in [0.15, 0.2) is 18.2 Å². The van der Waals surface area contributed by atoms with Gasteiger partial charge in [-0.25, -0.2) is 4.79 Å². The van der Waals surface area contributed by atoms with Crippen LogP contribution in [0.2, 0.25) is 0 Å². The Hall–Kier alpha value is -2.08. The van der Waals surface area contributed by atoms with E-state index in [-0.39, 0.29) is 18.9 Å². The lowest BCUT2D eigenvalue weighted by Gasteiger charge is -2.18. The van der Waals surface area contributed by atoms with Crippen molar-refractivity contribution in [3.05, 3.63) is 29.3 Å². The zero-order valence-electron chi connectivity index (χ0n) is 13.2. The van der Waals surface area contributed by atoms with E-state index < -0.39 is 11.6 Å². The highest BCUT2D eigenvalue weighted by atomic mass is 16.5. The van der Waals surface area contributed by atoms with Crippen molar-refractivity contribution in [1.82, 2.24) is 5.32 Å². The summed E-state index contributed by atoms with van der Waals surface area (Å²) in [6, 6.07) is 5.80. The van der Waals surface area contributed by atoms with Crippen molar-refractivity contribution in [3.63, 3.8) is 0 Å². The molecule has 1 aromatic carbocycles. The molecule has 1 amide bonds. The maximum atomic E-state index is 11.6. The topological polar surface area (TPSA) is 95.9 Å². The van der Waals surface area contributed by atoms with Crippen LogP contribution in [0.1, 0.15) is 30.9 Å². The molecule has 0 fully saturated rings. The number of nitrogens with one attached hydrogen (secondary N) is 1. The van der Waals surface area contributed by atoms with Crippen molar-refractivity contribution < 1.29 is 24.5 Å². The van der Waals surface area contributed by atoms with Gasteiger partial charge < -0.3 is 20.3 Å². The number of hydrogen-bond acceptors (Lipinski definition) is 4. The molecule has 0 spiro atoms. The number of carbonyl (C=O) groups excluding carboxylic acids is 1. The van der Waals surface area contributed by atoms with E-state index in [1.165, 1.54) is 5.56 Å². The molecule has 1 atom stereocenters. The summed E-state index contributed by atoms with van der Waals surface area (Å²) in [5.41, 5.74) is 0.384. The molecule has 3 N–H and O–H groups in total. The standard InChI is InChI=1S/C16H23NO5/c1-11-6-7-13(9-12(11)2)22-8-4-5-14(18)17-10-16(3,21)15(19)20/h6-7,9,21H,4-5,8,10H2,1-3H3,(H,17,18)(H,19,20). The second-order valence-electron chi connectivity index (χ2n) is 5.55. The van der Waals surface area contributed by atoms with Crippen molar-refractivity contribution in [2.45, 2.75) is 39.2 Å². The molecule has 1 aromatic rings. The van der Waals surface area contributed by atoms with Crippen molar-refractivity contribution >= 4 is 11.9 Å². The lowest BCUT2D eigenvalue weighted by atomic mass is 10.1. The van der Waals surface area contributed by atoms with Crippen LogP contribution >= 0.6 is 0 Å². The van der Waals surface area contributed by atoms with Crippen LogP contribution in [0.25, 0.3) is 0 Å². The summed E-state index contributed by atoms with van der Waals surface area (Å²) < 4.78 is 5.55. The van der Waals surface area contributed by atoms with Crippen molar-refractivity contribution in [2.75, 3.05) is 13.2 Å². The lowest BCUT2D eigenvalue weighted by molar-refractivity contribution is -0.156. The maximum Gasteiger partial charge on any atom is 0.337 e. The van der Waals surface area contributed by atoms with Crippen LogP contribution in [-0.4, -0.2) is 40.8 Å². The van der Waals surface area contributed by atoms with Gasteiger partial charge in [-0.1, -0.05) is 6.07 Å². The quantitative estimate of drug-likeness (QED) is 0.631. The van der Waals surface area contributed by atoms with Crippen LogP contribution in [0.3, 0.4) is 0 Å². The predicted molar refractivity (Wildman–Crippen MR) is 81.9 cm³/mol. The molecule has 0 heterocycles. The summed E-state index contributed by atoms with van der Waals surface area (Å²) in [4.78, 5) is 22.2. The first kappa shape index (κ1) is 18.0. The minimum atomic E-state index is -1.95. The fourth-order valence-electron chi connectivity index (χ4n) is 1.66. The van der Waals surface area contributed by atoms with E-state index in [4.69, 9.17) is 9.84 Å². The third-order valence-electron chi connectivity index (χ3n) is 3.39. The van der Waals surface area contributed by atoms with Crippen LogP contribution < -0.4 is 10.1 Å². The highest BCUT2D eigenvalue weighted by Gasteiger charge is 2.30. The second-order valence-corrected chi connectivity index (χ2v) is 5.55. The molecule has 0 aliphatic heterocycles. The molecule has 22 heavy (non-hydrogen) atoms. The Morgan fingerprint density at radius 1 is 1.27 bits per heavy atom. The Balaban J connectivity index is 2.25. The number of aryl methyl sites for hydroxylation is 2. The molecular formula is C16H23NO5. The number of hydrogen-bond donors (Lipinski definition) is 3. The summed E-state index contributed by atoms with van der Waals surface area (Å²) in [6.45, 7) is 5.24. The van der Waals surface area contributed by atoms with Crippen molar-refractivity contribution in [2.24, 2.45) is 0 Å². The number of ether oxygens (including phenoxy) is 1. The minimum absolute atomic E-state index is 0.209. The molecule has 1 rings (SSSR count). The molecular weight excluding hydrogens is 286 g/mol.